The molecule has 176 valence electrons. The molecular weight excluding hydrogens is 438 g/mol. The summed E-state index contributed by atoms with van der Waals surface area (Å²) in [4.78, 5) is 20.4. The van der Waals surface area contributed by atoms with E-state index in [9.17, 15) is 13.2 Å². The molecule has 1 saturated heterocycles. The van der Waals surface area contributed by atoms with Gasteiger partial charge in [-0.3, -0.25) is 9.69 Å². The number of rotatable bonds is 9. The van der Waals surface area contributed by atoms with Gasteiger partial charge in [0.05, 0.1) is 27.3 Å². The van der Waals surface area contributed by atoms with Crippen LogP contribution in [0.1, 0.15) is 18.6 Å². The molecule has 11 nitrogen and oxygen atoms in total. The number of sulfonamides is 1. The smallest absolute Gasteiger partial charge is 0.247 e. The molecule has 1 aromatic carbocycles. The van der Waals surface area contributed by atoms with Crippen LogP contribution < -0.4 is 9.47 Å². The third-order valence-electron chi connectivity index (χ3n) is 5.22. The molecule has 0 unspecified atom stereocenters. The number of amides is 1. The van der Waals surface area contributed by atoms with Crippen LogP contribution in [0.2, 0.25) is 0 Å². The van der Waals surface area contributed by atoms with Crippen molar-refractivity contribution in [2.24, 2.45) is 0 Å². The SMILES string of the molecule is CCc1noc(CN(C)CC(=O)N2CCN(S(=O)(=O)c3cc(OC)ccc3OC)CC2)n1. The lowest BCUT2D eigenvalue weighted by Gasteiger charge is -2.34. The summed E-state index contributed by atoms with van der Waals surface area (Å²) in [6, 6.07) is 4.65. The first-order valence-corrected chi connectivity index (χ1v) is 11.7. The zero-order valence-electron chi connectivity index (χ0n) is 18.8. The molecule has 0 spiro atoms. The van der Waals surface area contributed by atoms with Crippen LogP contribution >= 0.6 is 0 Å². The van der Waals surface area contributed by atoms with Crippen LogP contribution in [0, 0.1) is 0 Å². The van der Waals surface area contributed by atoms with Crippen molar-refractivity contribution < 1.29 is 27.2 Å². The Balaban J connectivity index is 1.58. The second-order valence-corrected chi connectivity index (χ2v) is 9.34. The highest BCUT2D eigenvalue weighted by atomic mass is 32.2. The number of aromatic nitrogens is 2. The Labute approximate surface area is 187 Å². The molecule has 3 rings (SSSR count). The van der Waals surface area contributed by atoms with Crippen molar-refractivity contribution >= 4 is 15.9 Å². The van der Waals surface area contributed by atoms with Gasteiger partial charge in [0.25, 0.3) is 0 Å². The fourth-order valence-electron chi connectivity index (χ4n) is 3.42. The molecule has 1 aliphatic rings. The summed E-state index contributed by atoms with van der Waals surface area (Å²) in [5.74, 6) is 1.68. The molecule has 0 aliphatic carbocycles. The van der Waals surface area contributed by atoms with Gasteiger partial charge < -0.3 is 18.9 Å². The quantitative estimate of drug-likeness (QED) is 0.523. The molecule has 1 fully saturated rings. The largest absolute Gasteiger partial charge is 0.497 e. The number of hydrogen-bond donors (Lipinski definition) is 0. The van der Waals surface area contributed by atoms with Crippen LogP contribution in [-0.2, 0) is 27.8 Å². The molecule has 2 heterocycles. The third kappa shape index (κ3) is 5.37. The first-order chi connectivity index (χ1) is 15.3. The van der Waals surface area contributed by atoms with Crippen LogP contribution in [0.4, 0.5) is 0 Å². The van der Waals surface area contributed by atoms with Crippen molar-refractivity contribution in [3.8, 4) is 11.5 Å². The summed E-state index contributed by atoms with van der Waals surface area (Å²) in [5, 5.41) is 3.85. The maximum Gasteiger partial charge on any atom is 0.247 e. The minimum Gasteiger partial charge on any atom is -0.497 e. The summed E-state index contributed by atoms with van der Waals surface area (Å²) in [6.07, 6.45) is 0.682. The second-order valence-electron chi connectivity index (χ2n) is 7.43. The maximum atomic E-state index is 13.2. The summed E-state index contributed by atoms with van der Waals surface area (Å²) in [6.45, 7) is 3.47. The lowest BCUT2D eigenvalue weighted by atomic mass is 10.3. The van der Waals surface area contributed by atoms with Gasteiger partial charge in [-0.1, -0.05) is 12.1 Å². The summed E-state index contributed by atoms with van der Waals surface area (Å²) < 4.78 is 43.3. The maximum absolute atomic E-state index is 13.2. The molecule has 2 aromatic rings. The molecule has 0 N–H and O–H groups in total. The lowest BCUT2D eigenvalue weighted by Crippen LogP contribution is -2.52. The van der Waals surface area contributed by atoms with E-state index in [0.717, 1.165) is 0 Å². The van der Waals surface area contributed by atoms with E-state index in [1.54, 1.807) is 29.0 Å². The van der Waals surface area contributed by atoms with Gasteiger partial charge in [-0.15, -0.1) is 0 Å². The van der Waals surface area contributed by atoms with Crippen molar-refractivity contribution in [2.75, 3.05) is 54.0 Å². The summed E-state index contributed by atoms with van der Waals surface area (Å²) in [5.41, 5.74) is 0. The molecule has 1 amide bonds. The Hall–Kier alpha value is -2.70. The zero-order chi connectivity index (χ0) is 23.3. The Kier molecular flexibility index (Phi) is 7.69. The van der Waals surface area contributed by atoms with Crippen LogP contribution in [0.3, 0.4) is 0 Å². The highest BCUT2D eigenvalue weighted by Gasteiger charge is 2.32. The van der Waals surface area contributed by atoms with E-state index in [2.05, 4.69) is 10.1 Å². The Morgan fingerprint density at radius 2 is 1.91 bits per heavy atom. The van der Waals surface area contributed by atoms with E-state index < -0.39 is 10.0 Å². The molecule has 0 radical (unpaired) electrons. The predicted molar refractivity (Wildman–Crippen MR) is 115 cm³/mol. The predicted octanol–water partition coefficient (Wildman–Crippen LogP) is 0.614. The van der Waals surface area contributed by atoms with Crippen LogP contribution in [-0.4, -0.2) is 92.6 Å². The van der Waals surface area contributed by atoms with Gasteiger partial charge in [0.2, 0.25) is 21.8 Å². The van der Waals surface area contributed by atoms with Crippen LogP contribution in [0.5, 0.6) is 11.5 Å². The number of piperazine rings is 1. The van der Waals surface area contributed by atoms with Gasteiger partial charge in [-0.25, -0.2) is 8.42 Å². The molecular formula is C20H29N5O6S. The average Bonchev–Trinajstić information content (AvgIpc) is 3.25. The fourth-order valence-corrected chi connectivity index (χ4v) is 5.01. The number of carbonyl (C=O) groups is 1. The summed E-state index contributed by atoms with van der Waals surface area (Å²) >= 11 is 0. The van der Waals surface area contributed by atoms with Gasteiger partial charge in [-0.05, 0) is 19.2 Å². The first-order valence-electron chi connectivity index (χ1n) is 10.3. The van der Waals surface area contributed by atoms with Crippen molar-refractivity contribution in [1.29, 1.82) is 0 Å². The molecule has 0 bridgehead atoms. The van der Waals surface area contributed by atoms with Crippen molar-refractivity contribution in [2.45, 2.75) is 24.8 Å². The minimum atomic E-state index is -3.80. The number of ether oxygens (including phenoxy) is 2. The molecule has 1 aliphatic heterocycles. The number of benzene rings is 1. The fraction of sp³-hybridized carbons (Fsp3) is 0.550. The highest BCUT2D eigenvalue weighted by Crippen LogP contribution is 2.31. The van der Waals surface area contributed by atoms with Gasteiger partial charge in [-0.2, -0.15) is 9.29 Å². The number of likely N-dealkylation sites (N-methyl/N-ethyl adjacent to an activating group) is 1. The number of carbonyl (C=O) groups excluding carboxylic acids is 1. The van der Waals surface area contributed by atoms with Crippen LogP contribution in [0.15, 0.2) is 27.6 Å². The van der Waals surface area contributed by atoms with E-state index in [1.807, 2.05) is 6.92 Å². The topological polar surface area (TPSA) is 118 Å². The number of aryl methyl sites for hydroxylation is 1. The van der Waals surface area contributed by atoms with E-state index >= 15 is 0 Å². The zero-order valence-corrected chi connectivity index (χ0v) is 19.6. The van der Waals surface area contributed by atoms with E-state index in [0.29, 0.717) is 43.5 Å². The minimum absolute atomic E-state index is 0.0462. The van der Waals surface area contributed by atoms with E-state index in [1.165, 1.54) is 24.6 Å². The van der Waals surface area contributed by atoms with Gasteiger partial charge >= 0.3 is 0 Å². The standard InChI is InChI=1S/C20H29N5O6S/c1-5-18-21-19(31-22-18)13-23(2)14-20(26)24-8-10-25(11-9-24)32(27,28)17-12-15(29-3)6-7-16(17)30-4/h6-7,12H,5,8-11,13-14H2,1-4H3. The third-order valence-corrected chi connectivity index (χ3v) is 7.14. The lowest BCUT2D eigenvalue weighted by molar-refractivity contribution is -0.133. The first kappa shape index (κ1) is 24.0. The molecule has 0 atom stereocenters. The molecule has 32 heavy (non-hydrogen) atoms. The van der Waals surface area contributed by atoms with Crippen molar-refractivity contribution in [3.63, 3.8) is 0 Å². The number of nitrogens with zero attached hydrogens (tertiary/aromatic N) is 5. The second kappa shape index (κ2) is 10.3. The van der Waals surface area contributed by atoms with Gasteiger partial charge in [0.15, 0.2) is 5.82 Å². The summed E-state index contributed by atoms with van der Waals surface area (Å²) in [7, 11) is 0.892. The number of hydrogen-bond acceptors (Lipinski definition) is 9. The molecule has 1 aromatic heterocycles. The van der Waals surface area contributed by atoms with Gasteiger partial charge in [0.1, 0.15) is 16.4 Å². The molecule has 12 heteroatoms. The van der Waals surface area contributed by atoms with E-state index in [4.69, 9.17) is 14.0 Å². The molecule has 0 saturated carbocycles. The average molecular weight is 468 g/mol. The van der Waals surface area contributed by atoms with E-state index in [-0.39, 0.29) is 36.2 Å². The van der Waals surface area contributed by atoms with Gasteiger partial charge in [0, 0.05) is 38.7 Å². The normalized spacial score (nSPS) is 15.2. The van der Waals surface area contributed by atoms with Crippen molar-refractivity contribution in [3.05, 3.63) is 29.9 Å². The monoisotopic (exact) mass is 467 g/mol. The number of methoxy groups -OCH3 is 2. The Bertz CT molecular complexity index is 1030. The Morgan fingerprint density at radius 3 is 2.50 bits per heavy atom. The Morgan fingerprint density at radius 1 is 1.19 bits per heavy atom. The van der Waals surface area contributed by atoms with Crippen LogP contribution in [0.25, 0.3) is 0 Å². The van der Waals surface area contributed by atoms with Crippen molar-refractivity contribution in [1.82, 2.24) is 24.2 Å². The highest BCUT2D eigenvalue weighted by molar-refractivity contribution is 7.89.